The van der Waals surface area contributed by atoms with Gasteiger partial charge in [-0.05, 0) is 17.2 Å². The zero-order chi connectivity index (χ0) is 16.3. The van der Waals surface area contributed by atoms with Crippen LogP contribution in [0.15, 0.2) is 66.4 Å². The van der Waals surface area contributed by atoms with Crippen LogP contribution in [0.3, 0.4) is 0 Å². The topological polar surface area (TPSA) is 72.8 Å². The van der Waals surface area contributed by atoms with E-state index in [1.165, 1.54) is 6.08 Å². The van der Waals surface area contributed by atoms with Crippen LogP contribution in [0.2, 0.25) is 0 Å². The summed E-state index contributed by atoms with van der Waals surface area (Å²) in [5.74, 6) is -4.27. The van der Waals surface area contributed by atoms with E-state index in [0.29, 0.717) is 5.56 Å². The van der Waals surface area contributed by atoms with Crippen molar-refractivity contribution >= 4 is 18.0 Å². The Bertz CT molecular complexity index is 751. The molecule has 0 bridgehead atoms. The summed E-state index contributed by atoms with van der Waals surface area (Å²) < 4.78 is 10.5. The van der Waals surface area contributed by atoms with Gasteiger partial charge in [0.2, 0.25) is 5.76 Å². The first-order valence-electron chi connectivity index (χ1n) is 7.05. The van der Waals surface area contributed by atoms with Gasteiger partial charge in [-0.3, -0.25) is 0 Å². The second-order valence-electron chi connectivity index (χ2n) is 5.13. The molecule has 1 heterocycles. The second-order valence-corrected chi connectivity index (χ2v) is 5.13. The van der Waals surface area contributed by atoms with E-state index in [4.69, 9.17) is 9.47 Å². The molecule has 1 unspecified atom stereocenters. The number of benzene rings is 2. The number of carbonyl (C=O) groups excluding carboxylic acids is 1. The zero-order valence-electron chi connectivity index (χ0n) is 12.1. The van der Waals surface area contributed by atoms with Crippen LogP contribution in [0.25, 0.3) is 6.08 Å². The monoisotopic (exact) mass is 310 g/mol. The third-order valence-electron chi connectivity index (χ3n) is 3.44. The molecule has 1 aliphatic heterocycles. The summed E-state index contributed by atoms with van der Waals surface area (Å²) in [5.41, 5.74) is 1.42. The van der Waals surface area contributed by atoms with E-state index in [9.17, 15) is 14.7 Å². The van der Waals surface area contributed by atoms with E-state index >= 15 is 0 Å². The molecule has 2 aromatic carbocycles. The van der Waals surface area contributed by atoms with E-state index in [2.05, 4.69) is 0 Å². The van der Waals surface area contributed by atoms with Gasteiger partial charge in [-0.1, -0.05) is 60.7 Å². The highest BCUT2D eigenvalue weighted by Gasteiger charge is 2.53. The number of carboxylic acid groups (broad SMARTS) is 1. The highest BCUT2D eigenvalue weighted by atomic mass is 16.8. The van der Waals surface area contributed by atoms with Gasteiger partial charge in [0.25, 0.3) is 0 Å². The minimum absolute atomic E-state index is 0.0684. The maximum absolute atomic E-state index is 12.0. The van der Waals surface area contributed by atoms with Gasteiger partial charge in [-0.2, -0.15) is 0 Å². The van der Waals surface area contributed by atoms with Crippen molar-refractivity contribution < 1.29 is 24.2 Å². The Labute approximate surface area is 132 Å². The number of ether oxygens (including phenoxy) is 2. The lowest BCUT2D eigenvalue weighted by Gasteiger charge is -2.21. The quantitative estimate of drug-likeness (QED) is 0.694. The van der Waals surface area contributed by atoms with Crippen molar-refractivity contribution in [3.63, 3.8) is 0 Å². The zero-order valence-corrected chi connectivity index (χ0v) is 12.1. The van der Waals surface area contributed by atoms with Crippen LogP contribution in [-0.4, -0.2) is 22.8 Å². The minimum atomic E-state index is -2.03. The number of carbonyl (C=O) groups is 2. The number of aliphatic carboxylic acids is 1. The average molecular weight is 310 g/mol. The summed E-state index contributed by atoms with van der Waals surface area (Å²) in [6.07, 6.45) is 1.40. The first-order valence-corrected chi connectivity index (χ1v) is 7.05. The Morgan fingerprint density at radius 1 is 1.00 bits per heavy atom. The summed E-state index contributed by atoms with van der Waals surface area (Å²) in [4.78, 5) is 23.7. The van der Waals surface area contributed by atoms with Gasteiger partial charge in [0.05, 0.1) is 6.42 Å². The summed E-state index contributed by atoms with van der Waals surface area (Å²) >= 11 is 0. The average Bonchev–Trinajstić information content (AvgIpc) is 2.86. The highest BCUT2D eigenvalue weighted by molar-refractivity contribution is 5.96. The Morgan fingerprint density at radius 2 is 1.61 bits per heavy atom. The van der Waals surface area contributed by atoms with Crippen LogP contribution in [0.5, 0.6) is 0 Å². The van der Waals surface area contributed by atoms with Crippen molar-refractivity contribution in [1.82, 2.24) is 0 Å². The number of rotatable bonds is 4. The summed E-state index contributed by atoms with van der Waals surface area (Å²) in [6.45, 7) is 0. The molecule has 1 atom stereocenters. The smallest absolute Gasteiger partial charge is 0.390 e. The molecule has 1 saturated heterocycles. The molecule has 0 aliphatic carbocycles. The molecule has 5 nitrogen and oxygen atoms in total. The molecule has 1 fully saturated rings. The first kappa shape index (κ1) is 14.8. The largest absolute Gasteiger partial charge is 0.475 e. The summed E-state index contributed by atoms with van der Waals surface area (Å²) in [5, 5.41) is 9.50. The molecule has 116 valence electrons. The molecule has 0 aromatic heterocycles. The lowest BCUT2D eigenvalue weighted by molar-refractivity contribution is -0.200. The SMILES string of the molecule is O=C1OC(Cc2ccccc2)(C(=O)O)OC1=Cc1ccccc1. The Hall–Kier alpha value is -3.08. The van der Waals surface area contributed by atoms with Crippen molar-refractivity contribution in [3.05, 3.63) is 77.5 Å². The molecule has 3 rings (SSSR count). The third kappa shape index (κ3) is 3.08. The van der Waals surface area contributed by atoms with E-state index in [1.54, 1.807) is 48.5 Å². The van der Waals surface area contributed by atoms with Crippen molar-refractivity contribution in [1.29, 1.82) is 0 Å². The van der Waals surface area contributed by atoms with Crippen LogP contribution in [0.4, 0.5) is 0 Å². The first-order chi connectivity index (χ1) is 11.1. The Morgan fingerprint density at radius 3 is 2.22 bits per heavy atom. The summed E-state index contributed by atoms with van der Waals surface area (Å²) in [6, 6.07) is 17.9. The van der Waals surface area contributed by atoms with Crippen LogP contribution in [0, 0.1) is 0 Å². The van der Waals surface area contributed by atoms with Gasteiger partial charge in [0, 0.05) is 0 Å². The third-order valence-corrected chi connectivity index (χ3v) is 3.44. The van der Waals surface area contributed by atoms with Gasteiger partial charge in [-0.25, -0.2) is 9.59 Å². The molecular formula is C18H14O5. The maximum atomic E-state index is 12.0. The van der Waals surface area contributed by atoms with Gasteiger partial charge in [-0.15, -0.1) is 0 Å². The highest BCUT2D eigenvalue weighted by Crippen LogP contribution is 2.32. The van der Waals surface area contributed by atoms with Crippen LogP contribution in [-0.2, 0) is 25.5 Å². The predicted molar refractivity (Wildman–Crippen MR) is 82.1 cm³/mol. The fraction of sp³-hybridized carbons (Fsp3) is 0.111. The lowest BCUT2D eigenvalue weighted by atomic mass is 10.1. The van der Waals surface area contributed by atoms with Crippen LogP contribution < -0.4 is 0 Å². The second kappa shape index (κ2) is 5.96. The predicted octanol–water partition coefficient (Wildman–Crippen LogP) is 2.62. The van der Waals surface area contributed by atoms with Crippen molar-refractivity contribution in [2.24, 2.45) is 0 Å². The Kier molecular flexibility index (Phi) is 3.85. The molecule has 1 N–H and O–H groups in total. The number of hydrogen-bond donors (Lipinski definition) is 1. The fourth-order valence-electron chi connectivity index (χ4n) is 2.33. The normalized spacial score (nSPS) is 21.7. The molecular weight excluding hydrogens is 296 g/mol. The van der Waals surface area contributed by atoms with Crippen molar-refractivity contribution in [3.8, 4) is 0 Å². The van der Waals surface area contributed by atoms with E-state index < -0.39 is 17.7 Å². The van der Waals surface area contributed by atoms with Crippen molar-refractivity contribution in [2.75, 3.05) is 0 Å². The molecule has 0 radical (unpaired) electrons. The molecule has 5 heteroatoms. The lowest BCUT2D eigenvalue weighted by Crippen LogP contribution is -2.42. The molecule has 0 spiro atoms. The van der Waals surface area contributed by atoms with E-state index in [-0.39, 0.29) is 12.2 Å². The number of carboxylic acids is 1. The number of cyclic esters (lactones) is 1. The summed E-state index contributed by atoms with van der Waals surface area (Å²) in [7, 11) is 0. The molecule has 0 saturated carbocycles. The maximum Gasteiger partial charge on any atom is 0.390 e. The van der Waals surface area contributed by atoms with Gasteiger partial charge < -0.3 is 14.6 Å². The Balaban J connectivity index is 1.90. The molecule has 23 heavy (non-hydrogen) atoms. The van der Waals surface area contributed by atoms with Gasteiger partial charge in [0.15, 0.2) is 0 Å². The molecule has 2 aromatic rings. The van der Waals surface area contributed by atoms with Gasteiger partial charge in [0.1, 0.15) is 0 Å². The minimum Gasteiger partial charge on any atom is -0.475 e. The fourth-order valence-corrected chi connectivity index (χ4v) is 2.33. The molecule has 1 aliphatic rings. The molecule has 0 amide bonds. The standard InChI is InChI=1S/C18H14O5/c19-16-15(11-13-7-3-1-4-8-13)22-18(23-16,17(20)21)12-14-9-5-2-6-10-14/h1-11H,12H2,(H,20,21). The van der Waals surface area contributed by atoms with E-state index in [0.717, 1.165) is 5.56 Å². The van der Waals surface area contributed by atoms with Crippen molar-refractivity contribution in [2.45, 2.75) is 12.2 Å². The number of esters is 1. The number of hydrogen-bond acceptors (Lipinski definition) is 4. The van der Waals surface area contributed by atoms with Crippen LogP contribution in [0.1, 0.15) is 11.1 Å². The van der Waals surface area contributed by atoms with Gasteiger partial charge >= 0.3 is 17.7 Å². The van der Waals surface area contributed by atoms with E-state index in [1.807, 2.05) is 12.1 Å². The van der Waals surface area contributed by atoms with Crippen LogP contribution >= 0.6 is 0 Å².